The molecule has 1 saturated heterocycles. The summed E-state index contributed by atoms with van der Waals surface area (Å²) >= 11 is 0. The first-order valence-electron chi connectivity index (χ1n) is 8.87. The molecule has 1 atom stereocenters. The second kappa shape index (κ2) is 7.67. The normalized spacial score (nSPS) is 18.5. The zero-order valence-corrected chi connectivity index (χ0v) is 15.2. The number of benzene rings is 1. The van der Waals surface area contributed by atoms with Crippen LogP contribution in [0.3, 0.4) is 0 Å². The zero-order valence-electron chi connectivity index (χ0n) is 15.2. The molecule has 1 aliphatic rings. The van der Waals surface area contributed by atoms with Crippen LogP contribution in [0.2, 0.25) is 0 Å². The van der Waals surface area contributed by atoms with Gasteiger partial charge in [-0.15, -0.1) is 10.2 Å². The van der Waals surface area contributed by atoms with Crippen LogP contribution in [0.15, 0.2) is 18.3 Å². The number of likely N-dealkylation sites (N-methyl/N-ethyl adjacent to an activating group) is 1. The molecule has 0 radical (unpaired) electrons. The lowest BCUT2D eigenvalue weighted by Gasteiger charge is -2.32. The van der Waals surface area contributed by atoms with E-state index in [1.165, 1.54) is 13.1 Å². The number of nitrogens with one attached hydrogen (secondary N) is 1. The Kier molecular flexibility index (Phi) is 5.50. The predicted molar refractivity (Wildman–Crippen MR) is 95.4 cm³/mol. The van der Waals surface area contributed by atoms with Gasteiger partial charge in [0.05, 0.1) is 11.8 Å². The first-order chi connectivity index (χ1) is 12.8. The third kappa shape index (κ3) is 4.47. The van der Waals surface area contributed by atoms with E-state index in [0.29, 0.717) is 12.0 Å². The van der Waals surface area contributed by atoms with Crippen LogP contribution in [0, 0.1) is 6.92 Å². The maximum Gasteiger partial charge on any atom is 0.416 e. The Morgan fingerprint density at radius 1 is 1.30 bits per heavy atom. The third-order valence-electron chi connectivity index (χ3n) is 4.75. The number of phenols is 1. The number of aryl methyl sites for hydroxylation is 1. The Hall–Kier alpha value is -2.42. The van der Waals surface area contributed by atoms with E-state index in [4.69, 9.17) is 0 Å². The number of likely N-dealkylation sites (tertiary alicyclic amines) is 1. The highest BCUT2D eigenvalue weighted by molar-refractivity contribution is 5.70. The molecule has 6 nitrogen and oxygen atoms in total. The molecule has 3 rings (SSSR count). The van der Waals surface area contributed by atoms with Crippen molar-refractivity contribution in [1.29, 1.82) is 0 Å². The number of phenolic OH excluding ortho intramolecular Hbond substituents is 1. The van der Waals surface area contributed by atoms with Crippen molar-refractivity contribution in [1.82, 2.24) is 20.1 Å². The van der Waals surface area contributed by atoms with Crippen LogP contribution in [0.1, 0.15) is 30.9 Å². The molecule has 2 heterocycles. The second-order valence-corrected chi connectivity index (χ2v) is 6.73. The largest absolute Gasteiger partial charge is 0.507 e. The first-order valence-corrected chi connectivity index (χ1v) is 8.87. The fourth-order valence-corrected chi connectivity index (χ4v) is 3.36. The lowest BCUT2D eigenvalue weighted by molar-refractivity contribution is -0.137. The molecule has 0 saturated carbocycles. The molecule has 1 fully saturated rings. The van der Waals surface area contributed by atoms with Gasteiger partial charge >= 0.3 is 6.18 Å². The molecule has 2 N–H and O–H groups in total. The van der Waals surface area contributed by atoms with E-state index >= 15 is 0 Å². The molecule has 0 spiro atoms. The topological polar surface area (TPSA) is 74.2 Å². The molecule has 2 aromatic rings. The van der Waals surface area contributed by atoms with Crippen molar-refractivity contribution in [2.75, 3.05) is 25.0 Å². The molecule has 146 valence electrons. The number of rotatable bonds is 4. The summed E-state index contributed by atoms with van der Waals surface area (Å²) in [5, 5.41) is 21.4. The van der Waals surface area contributed by atoms with Crippen molar-refractivity contribution < 1.29 is 18.3 Å². The molecule has 27 heavy (non-hydrogen) atoms. The summed E-state index contributed by atoms with van der Waals surface area (Å²) in [6.07, 6.45) is -1.01. The first kappa shape index (κ1) is 19.3. The second-order valence-electron chi connectivity index (χ2n) is 6.73. The van der Waals surface area contributed by atoms with Crippen molar-refractivity contribution in [3.63, 3.8) is 0 Å². The lowest BCUT2D eigenvalue weighted by Crippen LogP contribution is -2.42. The fourth-order valence-electron chi connectivity index (χ4n) is 3.36. The van der Waals surface area contributed by atoms with Crippen LogP contribution in [0.4, 0.5) is 19.1 Å². The van der Waals surface area contributed by atoms with Gasteiger partial charge < -0.3 is 15.3 Å². The zero-order chi connectivity index (χ0) is 19.6. The van der Waals surface area contributed by atoms with Crippen molar-refractivity contribution in [2.45, 2.75) is 38.9 Å². The Morgan fingerprint density at radius 2 is 2.07 bits per heavy atom. The Labute approximate surface area is 155 Å². The molecule has 0 bridgehead atoms. The van der Waals surface area contributed by atoms with Crippen molar-refractivity contribution in [3.8, 4) is 17.0 Å². The molecule has 0 aliphatic carbocycles. The van der Waals surface area contributed by atoms with Crippen LogP contribution < -0.4 is 5.32 Å². The van der Waals surface area contributed by atoms with Gasteiger partial charge in [-0.2, -0.15) is 13.2 Å². The number of piperidine rings is 1. The summed E-state index contributed by atoms with van der Waals surface area (Å²) < 4.78 is 38.5. The Balaban J connectivity index is 1.78. The average Bonchev–Trinajstić information content (AvgIpc) is 2.62. The number of aromatic hydroxyl groups is 1. The van der Waals surface area contributed by atoms with E-state index in [-0.39, 0.29) is 22.9 Å². The van der Waals surface area contributed by atoms with E-state index in [0.717, 1.165) is 38.5 Å². The van der Waals surface area contributed by atoms with E-state index in [1.54, 1.807) is 0 Å². The van der Waals surface area contributed by atoms with Crippen LogP contribution >= 0.6 is 0 Å². The monoisotopic (exact) mass is 381 g/mol. The minimum Gasteiger partial charge on any atom is -0.507 e. The molecular weight excluding hydrogens is 359 g/mol. The number of alkyl halides is 3. The van der Waals surface area contributed by atoms with Gasteiger partial charge in [0.2, 0.25) is 5.95 Å². The van der Waals surface area contributed by atoms with Crippen molar-refractivity contribution in [2.24, 2.45) is 0 Å². The molecule has 1 aromatic carbocycles. The summed E-state index contributed by atoms with van der Waals surface area (Å²) in [5.41, 5.74) is -0.226. The number of nitrogens with zero attached hydrogens (tertiary/aromatic N) is 4. The Bertz CT molecular complexity index is 772. The number of hydrogen-bond donors (Lipinski definition) is 2. The molecule has 9 heteroatoms. The van der Waals surface area contributed by atoms with E-state index < -0.39 is 17.5 Å². The van der Waals surface area contributed by atoms with Crippen molar-refractivity contribution >= 4 is 5.95 Å². The molecule has 0 amide bonds. The summed E-state index contributed by atoms with van der Waals surface area (Å²) in [5.74, 6) is -0.129. The highest BCUT2D eigenvalue weighted by Crippen LogP contribution is 2.38. The van der Waals surface area contributed by atoms with Gasteiger partial charge in [0.15, 0.2) is 0 Å². The van der Waals surface area contributed by atoms with Crippen LogP contribution in [0.5, 0.6) is 5.75 Å². The quantitative estimate of drug-likeness (QED) is 0.845. The van der Waals surface area contributed by atoms with Crippen LogP contribution in [-0.2, 0) is 6.18 Å². The van der Waals surface area contributed by atoms with E-state index in [9.17, 15) is 18.3 Å². The lowest BCUT2D eigenvalue weighted by atomic mass is 10.0. The number of anilines is 1. The third-order valence-corrected chi connectivity index (χ3v) is 4.75. The maximum absolute atomic E-state index is 12.8. The minimum atomic E-state index is -4.52. The molecule has 0 unspecified atom stereocenters. The average molecular weight is 381 g/mol. The van der Waals surface area contributed by atoms with Gasteiger partial charge in [0, 0.05) is 18.2 Å². The van der Waals surface area contributed by atoms with Gasteiger partial charge in [-0.05, 0) is 50.6 Å². The smallest absolute Gasteiger partial charge is 0.416 e. The van der Waals surface area contributed by atoms with Gasteiger partial charge in [-0.1, -0.05) is 6.92 Å². The van der Waals surface area contributed by atoms with Gasteiger partial charge in [-0.3, -0.25) is 0 Å². The predicted octanol–water partition coefficient (Wildman–Crippen LogP) is 3.47. The maximum atomic E-state index is 12.8. The summed E-state index contributed by atoms with van der Waals surface area (Å²) in [6.45, 7) is 6.58. The standard InChI is InChI=1S/C18H22F3N5O/c1-3-26-6-4-5-13(10-26)23-17-22-9-14(24-25-17)16-11(2)7-12(8-15(16)27)18(19,20)21/h7-9,13,27H,3-6,10H2,1-2H3,(H,22,23,25)/t13-/m1/s1. The Morgan fingerprint density at radius 3 is 2.67 bits per heavy atom. The van der Waals surface area contributed by atoms with E-state index in [2.05, 4.69) is 32.3 Å². The number of aromatic nitrogens is 3. The molecule has 1 aromatic heterocycles. The SMILES string of the molecule is CCN1CCC[C@@H](Nc2ncc(-c3c(C)cc(C(F)(F)F)cc3O)nn2)C1. The van der Waals surface area contributed by atoms with Crippen LogP contribution in [-0.4, -0.2) is 50.9 Å². The number of hydrogen-bond acceptors (Lipinski definition) is 6. The fraction of sp³-hybridized carbons (Fsp3) is 0.500. The highest BCUT2D eigenvalue weighted by atomic mass is 19.4. The summed E-state index contributed by atoms with van der Waals surface area (Å²) in [6, 6.07) is 1.90. The van der Waals surface area contributed by atoms with Gasteiger partial charge in [0.25, 0.3) is 0 Å². The number of halogens is 3. The highest BCUT2D eigenvalue weighted by Gasteiger charge is 2.32. The van der Waals surface area contributed by atoms with Gasteiger partial charge in [0.1, 0.15) is 11.4 Å². The minimum absolute atomic E-state index is 0.198. The molecular formula is C18H22F3N5O. The van der Waals surface area contributed by atoms with Crippen LogP contribution in [0.25, 0.3) is 11.3 Å². The van der Waals surface area contributed by atoms with E-state index in [1.807, 2.05) is 0 Å². The van der Waals surface area contributed by atoms with Gasteiger partial charge in [-0.25, -0.2) is 4.98 Å². The van der Waals surface area contributed by atoms with Crippen molar-refractivity contribution in [3.05, 3.63) is 29.5 Å². The molecule has 1 aliphatic heterocycles. The summed E-state index contributed by atoms with van der Waals surface area (Å²) in [7, 11) is 0. The summed E-state index contributed by atoms with van der Waals surface area (Å²) in [4.78, 5) is 6.56.